The van der Waals surface area contributed by atoms with Crippen LogP contribution >= 0.6 is 11.3 Å². The molecule has 0 aliphatic carbocycles. The van der Waals surface area contributed by atoms with Gasteiger partial charge in [-0.2, -0.15) is 0 Å². The summed E-state index contributed by atoms with van der Waals surface area (Å²) >= 11 is 1.45. The van der Waals surface area contributed by atoms with Gasteiger partial charge in [-0.1, -0.05) is 38.0 Å². The molecule has 9 heteroatoms. The number of ketones is 1. The summed E-state index contributed by atoms with van der Waals surface area (Å²) in [6, 6.07) is 9.36. The van der Waals surface area contributed by atoms with Gasteiger partial charge in [-0.05, 0) is 25.0 Å². The summed E-state index contributed by atoms with van der Waals surface area (Å²) in [6.07, 6.45) is 7.90. The largest absolute Gasteiger partial charge is 0.480 e. The van der Waals surface area contributed by atoms with Crippen molar-refractivity contribution in [2.75, 3.05) is 7.11 Å². The first-order valence-electron chi connectivity index (χ1n) is 12.2. The normalized spacial score (nSPS) is 11.9. The van der Waals surface area contributed by atoms with Crippen molar-refractivity contribution in [2.45, 2.75) is 57.9 Å². The number of pyridine rings is 1. The molecule has 3 heterocycles. The quantitative estimate of drug-likeness (QED) is 0.232. The van der Waals surface area contributed by atoms with Gasteiger partial charge in [-0.15, -0.1) is 11.3 Å². The summed E-state index contributed by atoms with van der Waals surface area (Å²) in [5, 5.41) is 6.63. The molecule has 0 bridgehead atoms. The predicted octanol–water partition coefficient (Wildman–Crippen LogP) is 5.68. The van der Waals surface area contributed by atoms with Crippen LogP contribution in [0.25, 0.3) is 22.2 Å². The summed E-state index contributed by atoms with van der Waals surface area (Å²) in [4.78, 5) is 37.6. The molecular weight excluding hydrogens is 476 g/mol. The van der Waals surface area contributed by atoms with Crippen molar-refractivity contribution in [2.24, 2.45) is 0 Å². The van der Waals surface area contributed by atoms with E-state index in [0.717, 1.165) is 35.2 Å². The minimum Gasteiger partial charge on any atom is -0.480 e. The zero-order valence-corrected chi connectivity index (χ0v) is 21.3. The van der Waals surface area contributed by atoms with E-state index in [9.17, 15) is 9.59 Å². The first-order chi connectivity index (χ1) is 17.6. The Bertz CT molecular complexity index is 1300. The molecule has 0 saturated heterocycles. The van der Waals surface area contributed by atoms with Gasteiger partial charge < -0.3 is 14.5 Å². The van der Waals surface area contributed by atoms with Gasteiger partial charge in [0.05, 0.1) is 30.8 Å². The number of hydrogen-bond acceptors (Lipinski definition) is 8. The third kappa shape index (κ3) is 6.54. The lowest BCUT2D eigenvalue weighted by Gasteiger charge is -2.15. The summed E-state index contributed by atoms with van der Waals surface area (Å²) in [5.41, 5.74) is 1.52. The number of thiazole rings is 1. The van der Waals surface area contributed by atoms with Crippen molar-refractivity contribution in [1.29, 1.82) is 0 Å². The smallest absolute Gasteiger partial charge is 0.227 e. The Kier molecular flexibility index (Phi) is 8.78. The first-order valence-corrected chi connectivity index (χ1v) is 13.0. The molecule has 0 spiro atoms. The lowest BCUT2D eigenvalue weighted by Crippen LogP contribution is -2.30. The molecular formula is C27H30N4O4S. The fraction of sp³-hybridized carbons (Fsp3) is 0.370. The zero-order chi connectivity index (χ0) is 25.3. The number of aromatic nitrogens is 3. The number of carbonyl (C=O) groups is 2. The topological polar surface area (TPSA) is 107 Å². The average molecular weight is 507 g/mol. The molecule has 0 radical (unpaired) electrons. The van der Waals surface area contributed by atoms with E-state index in [1.165, 1.54) is 11.3 Å². The van der Waals surface area contributed by atoms with E-state index in [2.05, 4.69) is 20.3 Å². The number of fused-ring (bicyclic) bond motifs is 1. The monoisotopic (exact) mass is 506 g/mol. The van der Waals surface area contributed by atoms with Gasteiger partial charge in [0.2, 0.25) is 17.7 Å². The minimum absolute atomic E-state index is 0.138. The van der Waals surface area contributed by atoms with Crippen LogP contribution in [0.15, 0.2) is 52.5 Å². The second-order valence-electron chi connectivity index (χ2n) is 8.51. The second-order valence-corrected chi connectivity index (χ2v) is 9.49. The molecule has 4 aromatic rings. The highest BCUT2D eigenvalue weighted by Crippen LogP contribution is 2.33. The van der Waals surface area contributed by atoms with Crippen molar-refractivity contribution in [3.05, 3.63) is 59.0 Å². The van der Waals surface area contributed by atoms with Crippen molar-refractivity contribution in [3.8, 4) is 17.2 Å². The Morgan fingerprint density at radius 1 is 1.17 bits per heavy atom. The van der Waals surface area contributed by atoms with Crippen LogP contribution in [0.3, 0.4) is 0 Å². The molecule has 8 nitrogen and oxygen atoms in total. The van der Waals surface area contributed by atoms with Gasteiger partial charge in [0.1, 0.15) is 16.8 Å². The minimum atomic E-state index is -0.396. The first kappa shape index (κ1) is 25.5. The van der Waals surface area contributed by atoms with Crippen molar-refractivity contribution in [3.63, 3.8) is 0 Å². The van der Waals surface area contributed by atoms with Gasteiger partial charge >= 0.3 is 0 Å². The van der Waals surface area contributed by atoms with Crippen molar-refractivity contribution >= 4 is 33.9 Å². The van der Waals surface area contributed by atoms with Gasteiger partial charge in [-0.3, -0.25) is 9.59 Å². The number of Topliss-reactive ketones (excluding diaryl/α,β-unsaturated/α-hetero) is 1. The molecule has 0 saturated carbocycles. The van der Waals surface area contributed by atoms with E-state index < -0.39 is 6.04 Å². The lowest BCUT2D eigenvalue weighted by atomic mass is 10.0. The Balaban J connectivity index is 1.52. The van der Waals surface area contributed by atoms with Crippen molar-refractivity contribution in [1.82, 2.24) is 20.3 Å². The van der Waals surface area contributed by atoms with Gasteiger partial charge in [0, 0.05) is 29.8 Å². The van der Waals surface area contributed by atoms with E-state index in [4.69, 9.17) is 9.15 Å². The third-order valence-corrected chi connectivity index (χ3v) is 6.72. The fourth-order valence-corrected chi connectivity index (χ4v) is 4.62. The number of ether oxygens (including phenoxy) is 1. The highest BCUT2D eigenvalue weighted by Gasteiger charge is 2.22. The number of unbranched alkanes of at least 4 members (excludes halogenated alkanes) is 2. The van der Waals surface area contributed by atoms with Crippen LogP contribution in [0.1, 0.15) is 62.4 Å². The zero-order valence-electron chi connectivity index (χ0n) is 20.5. The third-order valence-electron chi connectivity index (χ3n) is 5.94. The van der Waals surface area contributed by atoms with Crippen LogP contribution in [0.5, 0.6) is 5.88 Å². The van der Waals surface area contributed by atoms with E-state index in [1.54, 1.807) is 19.5 Å². The Morgan fingerprint density at radius 2 is 2.03 bits per heavy atom. The Morgan fingerprint density at radius 3 is 2.81 bits per heavy atom. The van der Waals surface area contributed by atoms with Gasteiger partial charge in [0.15, 0.2) is 5.76 Å². The van der Waals surface area contributed by atoms with Crippen molar-refractivity contribution < 1.29 is 18.7 Å². The highest BCUT2D eigenvalue weighted by atomic mass is 32.1. The molecule has 0 aliphatic rings. The summed E-state index contributed by atoms with van der Waals surface area (Å²) < 4.78 is 11.7. The Labute approximate surface area is 214 Å². The molecule has 4 rings (SSSR count). The van der Waals surface area contributed by atoms with E-state index in [0.29, 0.717) is 42.4 Å². The van der Waals surface area contributed by atoms with Crippen LogP contribution in [0.4, 0.5) is 0 Å². The molecule has 3 aromatic heterocycles. The number of nitrogens with one attached hydrogen (secondary N) is 1. The number of amides is 1. The van der Waals surface area contributed by atoms with E-state index in [1.807, 2.05) is 42.6 Å². The predicted molar refractivity (Wildman–Crippen MR) is 139 cm³/mol. The van der Waals surface area contributed by atoms with E-state index in [-0.39, 0.29) is 18.1 Å². The molecule has 0 unspecified atom stereocenters. The van der Waals surface area contributed by atoms with Crippen LogP contribution in [-0.4, -0.2) is 33.8 Å². The summed E-state index contributed by atoms with van der Waals surface area (Å²) in [6.45, 7) is 1.89. The second kappa shape index (κ2) is 12.4. The van der Waals surface area contributed by atoms with Crippen LogP contribution in [0.2, 0.25) is 0 Å². The number of carbonyl (C=O) groups excluding carboxylic acids is 2. The maximum absolute atomic E-state index is 12.7. The number of rotatable bonds is 13. The molecule has 0 aliphatic heterocycles. The van der Waals surface area contributed by atoms with E-state index >= 15 is 0 Å². The average Bonchev–Trinajstić information content (AvgIpc) is 3.59. The number of nitrogens with zero attached hydrogens (tertiary/aromatic N) is 3. The van der Waals surface area contributed by atoms with Crippen LogP contribution in [0, 0.1) is 0 Å². The Hall–Kier alpha value is -3.59. The maximum Gasteiger partial charge on any atom is 0.227 e. The molecule has 1 atom stereocenters. The van der Waals surface area contributed by atoms with Crippen LogP contribution < -0.4 is 10.1 Å². The fourth-order valence-electron chi connectivity index (χ4n) is 4.01. The molecule has 36 heavy (non-hydrogen) atoms. The highest BCUT2D eigenvalue weighted by molar-refractivity contribution is 7.09. The number of hydrogen-bond donors (Lipinski definition) is 1. The number of para-hydroxylation sites is 1. The molecule has 1 N–H and O–H groups in total. The molecule has 1 amide bonds. The van der Waals surface area contributed by atoms with Crippen LogP contribution in [-0.2, 0) is 16.0 Å². The molecule has 0 fully saturated rings. The maximum atomic E-state index is 12.7. The van der Waals surface area contributed by atoms with Gasteiger partial charge in [-0.25, -0.2) is 15.0 Å². The summed E-state index contributed by atoms with van der Waals surface area (Å²) in [5.74, 6) is 1.53. The summed E-state index contributed by atoms with van der Waals surface area (Å²) in [7, 11) is 1.57. The molecule has 1 aromatic carbocycles. The SMILES string of the molecule is CCC(=O)CCCCC[C@H](NC(=O)Cc1nccs1)c1ncc(-c2cc3ccccc3nc2OC)o1. The standard InChI is InChI=1S/C27H30N4O4S/c1-3-19(32)10-5-4-6-12-22(30-24(33)16-25-28-13-14-36-25)27-29-17-23(35-27)20-15-18-9-7-8-11-21(18)31-26(20)34-2/h7-9,11,13-15,17,22H,3-6,10,12,16H2,1-2H3,(H,30,33)/t22-/m0/s1. The number of oxazole rings is 1. The number of benzene rings is 1. The van der Waals surface area contributed by atoms with Gasteiger partial charge in [0.25, 0.3) is 0 Å². The lowest BCUT2D eigenvalue weighted by molar-refractivity contribution is -0.121. The molecule has 188 valence electrons. The number of methoxy groups -OCH3 is 1.